The van der Waals surface area contributed by atoms with Crippen molar-refractivity contribution in [2.24, 2.45) is 0 Å². The Morgan fingerprint density at radius 1 is 1.09 bits per heavy atom. The third kappa shape index (κ3) is 6.84. The molecule has 1 N–H and O–H groups in total. The van der Waals surface area contributed by atoms with Gasteiger partial charge in [-0.1, -0.05) is 35.4 Å². The molecule has 0 aliphatic rings. The molecule has 3 aromatic rings. The van der Waals surface area contributed by atoms with Gasteiger partial charge in [0.25, 0.3) is 5.91 Å². The van der Waals surface area contributed by atoms with E-state index in [4.69, 9.17) is 14.3 Å². The third-order valence-electron chi connectivity index (χ3n) is 5.31. The molecule has 1 heterocycles. The lowest BCUT2D eigenvalue weighted by Crippen LogP contribution is -2.26. The van der Waals surface area contributed by atoms with Crippen molar-refractivity contribution < 1.29 is 23.8 Å². The smallest absolute Gasteiger partial charge is 0.303 e. The fraction of sp³-hybridized carbons (Fsp3) is 0.259. The molecule has 0 aliphatic heterocycles. The summed E-state index contributed by atoms with van der Waals surface area (Å²) in [6.45, 7) is 4.63. The first-order valence-corrected chi connectivity index (χ1v) is 10.8. The molecule has 2 aromatic carbocycles. The predicted octanol–water partition coefficient (Wildman–Crippen LogP) is 5.72. The van der Waals surface area contributed by atoms with Crippen molar-refractivity contribution in [3.63, 3.8) is 0 Å². The minimum atomic E-state index is -0.812. The van der Waals surface area contributed by atoms with E-state index in [0.29, 0.717) is 30.9 Å². The summed E-state index contributed by atoms with van der Waals surface area (Å²) in [5.74, 6) is 0.567. The maximum absolute atomic E-state index is 13.0. The second-order valence-electron chi connectivity index (χ2n) is 8.08. The predicted molar refractivity (Wildman–Crippen MR) is 127 cm³/mol. The summed E-state index contributed by atoms with van der Waals surface area (Å²) in [7, 11) is 1.77. The van der Waals surface area contributed by atoms with Gasteiger partial charge in [-0.2, -0.15) is 0 Å². The molecular formula is C27H29NO5. The summed E-state index contributed by atoms with van der Waals surface area (Å²) in [4.78, 5) is 25.4. The van der Waals surface area contributed by atoms with Crippen LogP contribution in [0.25, 0.3) is 11.3 Å². The average molecular weight is 448 g/mol. The van der Waals surface area contributed by atoms with Crippen molar-refractivity contribution in [1.82, 2.24) is 4.90 Å². The van der Waals surface area contributed by atoms with Gasteiger partial charge in [0, 0.05) is 36.7 Å². The number of carbonyl (C=O) groups excluding carboxylic acids is 1. The highest BCUT2D eigenvalue weighted by atomic mass is 16.5. The molecule has 172 valence electrons. The molecule has 1 aromatic heterocycles. The molecule has 33 heavy (non-hydrogen) atoms. The van der Waals surface area contributed by atoms with Crippen LogP contribution in [0.3, 0.4) is 0 Å². The van der Waals surface area contributed by atoms with Gasteiger partial charge in [-0.3, -0.25) is 9.59 Å². The summed E-state index contributed by atoms with van der Waals surface area (Å²) in [5, 5.41) is 8.80. The molecule has 0 unspecified atom stereocenters. The molecular weight excluding hydrogens is 418 g/mol. The summed E-state index contributed by atoms with van der Waals surface area (Å²) < 4.78 is 11.3. The van der Waals surface area contributed by atoms with Crippen LogP contribution in [0.15, 0.2) is 76.9 Å². The van der Waals surface area contributed by atoms with Crippen molar-refractivity contribution in [3.8, 4) is 17.1 Å². The molecule has 6 heteroatoms. The van der Waals surface area contributed by atoms with E-state index >= 15 is 0 Å². The monoisotopic (exact) mass is 447 g/mol. The Morgan fingerprint density at radius 2 is 1.85 bits per heavy atom. The number of aryl methyl sites for hydroxylation is 1. The van der Waals surface area contributed by atoms with Gasteiger partial charge in [0.05, 0.1) is 6.26 Å². The molecule has 0 atom stereocenters. The van der Waals surface area contributed by atoms with Crippen LogP contribution < -0.4 is 4.74 Å². The maximum atomic E-state index is 13.0. The molecule has 6 nitrogen and oxygen atoms in total. The van der Waals surface area contributed by atoms with E-state index in [-0.39, 0.29) is 12.3 Å². The van der Waals surface area contributed by atoms with E-state index in [1.165, 1.54) is 0 Å². The molecule has 0 fully saturated rings. The first-order chi connectivity index (χ1) is 15.8. The Kier molecular flexibility index (Phi) is 8.08. The number of rotatable bonds is 10. The van der Waals surface area contributed by atoms with Crippen LogP contribution in [0.1, 0.15) is 41.3 Å². The van der Waals surface area contributed by atoms with Gasteiger partial charge in [0.2, 0.25) is 0 Å². The van der Waals surface area contributed by atoms with Gasteiger partial charge in [-0.25, -0.2) is 0 Å². The number of allylic oxidation sites excluding steroid dienone is 1. The van der Waals surface area contributed by atoms with Gasteiger partial charge >= 0.3 is 5.97 Å². The summed E-state index contributed by atoms with van der Waals surface area (Å²) in [5.41, 5.74) is 4.47. The van der Waals surface area contributed by atoms with Crippen LogP contribution in [0.5, 0.6) is 5.75 Å². The van der Waals surface area contributed by atoms with E-state index in [1.54, 1.807) is 30.3 Å². The van der Waals surface area contributed by atoms with Gasteiger partial charge in [-0.05, 0) is 56.7 Å². The third-order valence-corrected chi connectivity index (χ3v) is 5.31. The van der Waals surface area contributed by atoms with Crippen LogP contribution in [0, 0.1) is 6.92 Å². The highest BCUT2D eigenvalue weighted by Crippen LogP contribution is 2.24. The second kappa shape index (κ2) is 11.2. The van der Waals surface area contributed by atoms with Crippen molar-refractivity contribution in [3.05, 3.63) is 89.2 Å². The fourth-order valence-electron chi connectivity index (χ4n) is 3.42. The largest absolute Gasteiger partial charge is 0.489 e. The highest BCUT2D eigenvalue weighted by molar-refractivity contribution is 5.94. The Hall–Kier alpha value is -3.80. The van der Waals surface area contributed by atoms with E-state index < -0.39 is 5.97 Å². The van der Waals surface area contributed by atoms with Crippen molar-refractivity contribution in [2.75, 3.05) is 13.7 Å². The van der Waals surface area contributed by atoms with Crippen molar-refractivity contribution in [2.45, 2.75) is 33.2 Å². The number of aliphatic carboxylic acids is 1. The second-order valence-corrected chi connectivity index (χ2v) is 8.08. The van der Waals surface area contributed by atoms with Crippen LogP contribution in [-0.4, -0.2) is 35.5 Å². The molecule has 1 amide bonds. The summed E-state index contributed by atoms with van der Waals surface area (Å²) in [6, 6.07) is 16.9. The number of benzene rings is 2. The average Bonchev–Trinajstić information content (AvgIpc) is 3.33. The van der Waals surface area contributed by atoms with Crippen LogP contribution in [0.4, 0.5) is 0 Å². The Bertz CT molecular complexity index is 1110. The molecule has 0 saturated carbocycles. The first kappa shape index (κ1) is 23.9. The van der Waals surface area contributed by atoms with E-state index in [2.05, 4.69) is 0 Å². The Balaban J connectivity index is 1.65. The van der Waals surface area contributed by atoms with E-state index in [0.717, 1.165) is 28.0 Å². The number of carboxylic acids is 1. The zero-order valence-corrected chi connectivity index (χ0v) is 19.2. The molecule has 0 saturated heterocycles. The number of hydrogen-bond acceptors (Lipinski definition) is 4. The molecule has 0 spiro atoms. The number of carbonyl (C=O) groups is 2. The normalized spacial score (nSPS) is 11.3. The SMILES string of the molecule is CC(=CCOc1ccc(C)cc1CN(C)C(=O)c1ccc(-c2ccco2)cc1)CCC(=O)O. The van der Waals surface area contributed by atoms with Gasteiger partial charge in [-0.15, -0.1) is 0 Å². The summed E-state index contributed by atoms with van der Waals surface area (Å²) in [6.07, 6.45) is 4.11. The minimum Gasteiger partial charge on any atom is -0.489 e. The number of hydrogen-bond donors (Lipinski definition) is 1. The molecule has 0 bridgehead atoms. The van der Waals surface area contributed by atoms with Crippen LogP contribution >= 0.6 is 0 Å². The quantitative estimate of drug-likeness (QED) is 0.402. The van der Waals surface area contributed by atoms with Gasteiger partial charge < -0.3 is 19.2 Å². The molecule has 0 aliphatic carbocycles. The molecule has 3 rings (SSSR count). The Morgan fingerprint density at radius 3 is 2.52 bits per heavy atom. The lowest BCUT2D eigenvalue weighted by atomic mass is 10.1. The van der Waals surface area contributed by atoms with Gasteiger partial charge in [0.15, 0.2) is 0 Å². The topological polar surface area (TPSA) is 80.0 Å². The maximum Gasteiger partial charge on any atom is 0.303 e. The van der Waals surface area contributed by atoms with Gasteiger partial charge in [0.1, 0.15) is 18.1 Å². The summed E-state index contributed by atoms with van der Waals surface area (Å²) >= 11 is 0. The zero-order chi connectivity index (χ0) is 23.8. The van der Waals surface area contributed by atoms with E-state index in [9.17, 15) is 9.59 Å². The molecule has 0 radical (unpaired) electrons. The number of amides is 1. The first-order valence-electron chi connectivity index (χ1n) is 10.8. The standard InChI is InChI=1S/C27H29NO5/c1-19(7-13-26(29)30)14-16-33-25-12-6-20(2)17-23(25)18-28(3)27(31)22-10-8-21(9-11-22)24-5-4-15-32-24/h4-6,8-12,14-15,17H,7,13,16,18H2,1-3H3,(H,29,30). The van der Waals surface area contributed by atoms with Crippen molar-refractivity contribution >= 4 is 11.9 Å². The lowest BCUT2D eigenvalue weighted by molar-refractivity contribution is -0.136. The highest BCUT2D eigenvalue weighted by Gasteiger charge is 2.15. The minimum absolute atomic E-state index is 0.0853. The lowest BCUT2D eigenvalue weighted by Gasteiger charge is -2.20. The van der Waals surface area contributed by atoms with Crippen molar-refractivity contribution in [1.29, 1.82) is 0 Å². The zero-order valence-electron chi connectivity index (χ0n) is 19.2. The number of nitrogens with zero attached hydrogens (tertiary/aromatic N) is 1. The Labute approximate surface area is 194 Å². The van der Waals surface area contributed by atoms with Crippen LogP contribution in [0.2, 0.25) is 0 Å². The fourth-order valence-corrected chi connectivity index (χ4v) is 3.42. The number of furan rings is 1. The van der Waals surface area contributed by atoms with Crippen LogP contribution in [-0.2, 0) is 11.3 Å². The van der Waals surface area contributed by atoms with E-state index in [1.807, 2.05) is 62.4 Å². The number of carboxylic acid groups (broad SMARTS) is 1. The number of ether oxygens (including phenoxy) is 1.